The van der Waals surface area contributed by atoms with Gasteiger partial charge in [0.15, 0.2) is 0 Å². The Morgan fingerprint density at radius 1 is 1.16 bits per heavy atom. The molecule has 2 unspecified atom stereocenters. The molecule has 1 aromatic rings. The Hall–Kier alpha value is -1.12. The van der Waals surface area contributed by atoms with Crippen molar-refractivity contribution < 1.29 is 8.78 Å². The second-order valence-electron chi connectivity index (χ2n) is 5.63. The van der Waals surface area contributed by atoms with Crippen LogP contribution in [0.2, 0.25) is 0 Å². The molecule has 0 amide bonds. The van der Waals surface area contributed by atoms with Crippen LogP contribution in [0.25, 0.3) is 0 Å². The van der Waals surface area contributed by atoms with Crippen molar-refractivity contribution in [3.63, 3.8) is 0 Å². The van der Waals surface area contributed by atoms with Crippen LogP contribution in [0.1, 0.15) is 51.9 Å². The van der Waals surface area contributed by atoms with Crippen molar-refractivity contribution in [2.45, 2.75) is 57.9 Å². The highest BCUT2D eigenvalue weighted by Gasteiger charge is 2.19. The lowest BCUT2D eigenvalue weighted by atomic mass is 9.95. The largest absolute Gasteiger partial charge is 0.380 e. The molecule has 1 aromatic carbocycles. The topological polar surface area (TPSA) is 12.0 Å². The first-order valence-corrected chi connectivity index (χ1v) is 7.40. The van der Waals surface area contributed by atoms with E-state index in [4.69, 9.17) is 0 Å². The van der Waals surface area contributed by atoms with Crippen LogP contribution in [0.15, 0.2) is 18.2 Å². The molecule has 0 aliphatic heterocycles. The summed E-state index contributed by atoms with van der Waals surface area (Å²) in [6, 6.07) is 3.88. The highest BCUT2D eigenvalue weighted by atomic mass is 19.1. The highest BCUT2D eigenvalue weighted by molar-refractivity contribution is 5.45. The Labute approximate surface area is 114 Å². The molecule has 19 heavy (non-hydrogen) atoms. The zero-order valence-electron chi connectivity index (χ0n) is 11.6. The molecule has 1 N–H and O–H groups in total. The van der Waals surface area contributed by atoms with E-state index in [0.29, 0.717) is 5.69 Å². The van der Waals surface area contributed by atoms with Gasteiger partial charge in [-0.1, -0.05) is 32.6 Å². The molecule has 0 saturated heterocycles. The van der Waals surface area contributed by atoms with E-state index in [1.165, 1.54) is 44.2 Å². The molecule has 3 heteroatoms. The number of nitrogens with one attached hydrogen (secondary N) is 1. The maximum absolute atomic E-state index is 13.6. The lowest BCUT2D eigenvalue weighted by molar-refractivity contribution is 0.422. The molecule has 0 heterocycles. The molecule has 0 bridgehead atoms. The number of hydrogen-bond donors (Lipinski definition) is 1. The van der Waals surface area contributed by atoms with Gasteiger partial charge in [0.2, 0.25) is 0 Å². The standard InChI is InChI=1S/C16H23F2N/c1-2-4-12-5-3-6-14(9-7-12)19-16-11-13(17)8-10-15(16)18/h8,10-12,14,19H,2-7,9H2,1H3. The van der Waals surface area contributed by atoms with Gasteiger partial charge >= 0.3 is 0 Å². The van der Waals surface area contributed by atoms with Gasteiger partial charge in [0.05, 0.1) is 5.69 Å². The monoisotopic (exact) mass is 267 g/mol. The molecule has 0 aromatic heterocycles. The van der Waals surface area contributed by atoms with Crippen LogP contribution in [-0.2, 0) is 0 Å². The van der Waals surface area contributed by atoms with Gasteiger partial charge in [-0.2, -0.15) is 0 Å². The lowest BCUT2D eigenvalue weighted by Gasteiger charge is -2.18. The van der Waals surface area contributed by atoms with Crippen molar-refractivity contribution in [1.82, 2.24) is 0 Å². The number of halogens is 2. The average Bonchev–Trinajstić information content (AvgIpc) is 2.60. The minimum atomic E-state index is -0.388. The fourth-order valence-electron chi connectivity index (χ4n) is 3.05. The molecule has 2 atom stereocenters. The fraction of sp³-hybridized carbons (Fsp3) is 0.625. The van der Waals surface area contributed by atoms with Crippen LogP contribution >= 0.6 is 0 Å². The first kappa shape index (κ1) is 14.3. The number of anilines is 1. The van der Waals surface area contributed by atoms with E-state index in [0.717, 1.165) is 24.8 Å². The Balaban J connectivity index is 1.94. The number of rotatable bonds is 4. The smallest absolute Gasteiger partial charge is 0.146 e. The van der Waals surface area contributed by atoms with Crippen LogP contribution < -0.4 is 5.32 Å². The van der Waals surface area contributed by atoms with E-state index in [1.54, 1.807) is 0 Å². The van der Waals surface area contributed by atoms with Gasteiger partial charge in [0.25, 0.3) is 0 Å². The van der Waals surface area contributed by atoms with Gasteiger partial charge in [-0.15, -0.1) is 0 Å². The third kappa shape index (κ3) is 4.19. The van der Waals surface area contributed by atoms with Crippen LogP contribution in [-0.4, -0.2) is 6.04 Å². The molecule has 106 valence electrons. The minimum Gasteiger partial charge on any atom is -0.380 e. The molecule has 1 aliphatic carbocycles. The summed E-state index contributed by atoms with van der Waals surface area (Å²) in [5, 5.41) is 3.18. The Bertz CT molecular complexity index is 406. The van der Waals surface area contributed by atoms with Crippen LogP contribution in [0, 0.1) is 17.6 Å². The summed E-state index contributed by atoms with van der Waals surface area (Å²) in [6.07, 6.45) is 8.29. The van der Waals surface area contributed by atoms with Crippen LogP contribution in [0.5, 0.6) is 0 Å². The van der Waals surface area contributed by atoms with Gasteiger partial charge in [-0.05, 0) is 43.4 Å². The lowest BCUT2D eigenvalue weighted by Crippen LogP contribution is -2.19. The van der Waals surface area contributed by atoms with Gasteiger partial charge in [-0.3, -0.25) is 0 Å². The van der Waals surface area contributed by atoms with Gasteiger partial charge in [-0.25, -0.2) is 8.78 Å². The first-order valence-electron chi connectivity index (χ1n) is 7.40. The quantitative estimate of drug-likeness (QED) is 0.746. The number of hydrogen-bond acceptors (Lipinski definition) is 1. The van der Waals surface area contributed by atoms with E-state index >= 15 is 0 Å². The maximum Gasteiger partial charge on any atom is 0.146 e. The van der Waals surface area contributed by atoms with E-state index in [1.807, 2.05) is 0 Å². The van der Waals surface area contributed by atoms with E-state index in [9.17, 15) is 8.78 Å². The molecule has 0 spiro atoms. The van der Waals surface area contributed by atoms with E-state index in [2.05, 4.69) is 12.2 Å². The molecule has 1 aliphatic rings. The third-order valence-corrected chi connectivity index (χ3v) is 4.07. The predicted octanol–water partition coefficient (Wildman–Crippen LogP) is 5.13. The van der Waals surface area contributed by atoms with Crippen molar-refractivity contribution in [2.24, 2.45) is 5.92 Å². The maximum atomic E-state index is 13.6. The molecular formula is C16H23F2N. The van der Waals surface area contributed by atoms with Crippen LogP contribution in [0.4, 0.5) is 14.5 Å². The summed E-state index contributed by atoms with van der Waals surface area (Å²) in [5.74, 6) is 0.0614. The van der Waals surface area contributed by atoms with Crippen molar-refractivity contribution in [2.75, 3.05) is 5.32 Å². The average molecular weight is 267 g/mol. The van der Waals surface area contributed by atoms with E-state index in [-0.39, 0.29) is 17.7 Å². The molecule has 2 rings (SSSR count). The molecular weight excluding hydrogens is 244 g/mol. The zero-order chi connectivity index (χ0) is 13.7. The summed E-state index contributed by atoms with van der Waals surface area (Å²) in [7, 11) is 0. The summed E-state index contributed by atoms with van der Waals surface area (Å²) in [6.45, 7) is 2.22. The molecule has 1 nitrogen and oxygen atoms in total. The first-order chi connectivity index (χ1) is 9.19. The van der Waals surface area contributed by atoms with Crippen molar-refractivity contribution >= 4 is 5.69 Å². The summed E-state index contributed by atoms with van der Waals surface area (Å²) < 4.78 is 26.7. The van der Waals surface area contributed by atoms with Gasteiger partial charge in [0, 0.05) is 6.04 Å². The second-order valence-corrected chi connectivity index (χ2v) is 5.63. The van der Waals surface area contributed by atoms with Gasteiger partial charge < -0.3 is 5.32 Å². The molecule has 1 saturated carbocycles. The predicted molar refractivity (Wildman–Crippen MR) is 75.3 cm³/mol. The normalized spacial score (nSPS) is 23.9. The highest BCUT2D eigenvalue weighted by Crippen LogP contribution is 2.29. The number of benzene rings is 1. The molecule has 1 fully saturated rings. The van der Waals surface area contributed by atoms with Crippen molar-refractivity contribution in [1.29, 1.82) is 0 Å². The molecule has 0 radical (unpaired) electrons. The SMILES string of the molecule is CCCC1CCCC(Nc2cc(F)ccc2F)CC1. The fourth-order valence-corrected chi connectivity index (χ4v) is 3.05. The summed E-state index contributed by atoms with van der Waals surface area (Å²) in [5.41, 5.74) is 0.305. The Morgan fingerprint density at radius 2 is 2.00 bits per heavy atom. The van der Waals surface area contributed by atoms with Crippen molar-refractivity contribution in [3.05, 3.63) is 29.8 Å². The Kier molecular flexibility index (Phi) is 5.17. The zero-order valence-corrected chi connectivity index (χ0v) is 11.6. The Morgan fingerprint density at radius 3 is 2.79 bits per heavy atom. The van der Waals surface area contributed by atoms with Crippen LogP contribution in [0.3, 0.4) is 0 Å². The summed E-state index contributed by atoms with van der Waals surface area (Å²) >= 11 is 0. The second kappa shape index (κ2) is 6.88. The van der Waals surface area contributed by atoms with Crippen molar-refractivity contribution in [3.8, 4) is 0 Å². The summed E-state index contributed by atoms with van der Waals surface area (Å²) in [4.78, 5) is 0. The third-order valence-electron chi connectivity index (χ3n) is 4.07. The van der Waals surface area contributed by atoms with Gasteiger partial charge in [0.1, 0.15) is 11.6 Å². The minimum absolute atomic E-state index is 0.276. The van der Waals surface area contributed by atoms with E-state index < -0.39 is 0 Å².